The highest BCUT2D eigenvalue weighted by molar-refractivity contribution is 6.03. The second-order valence-electron chi connectivity index (χ2n) is 3.56. The molecule has 0 heterocycles. The van der Waals surface area contributed by atoms with Crippen LogP contribution in [0.25, 0.3) is 0 Å². The van der Waals surface area contributed by atoms with Gasteiger partial charge in [-0.2, -0.15) is 8.78 Å². The summed E-state index contributed by atoms with van der Waals surface area (Å²) in [4.78, 5) is 22.3. The van der Waals surface area contributed by atoms with Gasteiger partial charge in [-0.1, -0.05) is 0 Å². The van der Waals surface area contributed by atoms with Crippen LogP contribution in [0.15, 0.2) is 18.2 Å². The molecule has 0 fully saturated rings. The summed E-state index contributed by atoms with van der Waals surface area (Å²) in [6, 6.07) is 2.20. The molecular formula is C11H8F5NO3. The van der Waals surface area contributed by atoms with E-state index in [9.17, 15) is 31.5 Å². The Morgan fingerprint density at radius 3 is 2.40 bits per heavy atom. The molecule has 0 atom stereocenters. The monoisotopic (exact) mass is 297 g/mol. The molecule has 0 saturated carbocycles. The van der Waals surface area contributed by atoms with E-state index in [0.717, 1.165) is 19.2 Å². The standard InChI is InChI=1S/C11H8F5NO3/c1-20-8(18)6-3-2-5(12)4-7(6)17-10(19)11(15,16)9(13)14/h2-4,9H,1H3,(H,17,19). The van der Waals surface area contributed by atoms with E-state index in [4.69, 9.17) is 0 Å². The van der Waals surface area contributed by atoms with Gasteiger partial charge in [0.1, 0.15) is 5.82 Å². The number of esters is 1. The van der Waals surface area contributed by atoms with Crippen molar-refractivity contribution >= 4 is 17.6 Å². The third-order valence-corrected chi connectivity index (χ3v) is 2.21. The van der Waals surface area contributed by atoms with Gasteiger partial charge in [-0.05, 0) is 18.2 Å². The maximum atomic E-state index is 13.0. The van der Waals surface area contributed by atoms with E-state index in [-0.39, 0.29) is 0 Å². The zero-order valence-corrected chi connectivity index (χ0v) is 9.92. The number of anilines is 1. The van der Waals surface area contributed by atoms with Crippen LogP contribution in [0.3, 0.4) is 0 Å². The molecule has 0 aliphatic heterocycles. The Labute approximate surface area is 109 Å². The molecular weight excluding hydrogens is 289 g/mol. The highest BCUT2D eigenvalue weighted by Gasteiger charge is 2.49. The summed E-state index contributed by atoms with van der Waals surface area (Å²) in [6.07, 6.45) is -4.24. The lowest BCUT2D eigenvalue weighted by atomic mass is 10.1. The summed E-state index contributed by atoms with van der Waals surface area (Å²) in [6.45, 7) is 0. The van der Waals surface area contributed by atoms with Gasteiger partial charge in [0, 0.05) is 0 Å². The van der Waals surface area contributed by atoms with Gasteiger partial charge in [0.15, 0.2) is 0 Å². The molecule has 0 aliphatic carbocycles. The van der Waals surface area contributed by atoms with Crippen molar-refractivity contribution in [3.05, 3.63) is 29.6 Å². The molecule has 1 rings (SSSR count). The zero-order valence-electron chi connectivity index (χ0n) is 9.92. The van der Waals surface area contributed by atoms with Gasteiger partial charge in [0.05, 0.1) is 18.4 Å². The summed E-state index contributed by atoms with van der Waals surface area (Å²) in [5.41, 5.74) is -1.14. The number of hydrogen-bond acceptors (Lipinski definition) is 3. The molecule has 4 nitrogen and oxygen atoms in total. The summed E-state index contributed by atoms with van der Waals surface area (Å²) >= 11 is 0. The van der Waals surface area contributed by atoms with Gasteiger partial charge in [0.2, 0.25) is 0 Å². The third kappa shape index (κ3) is 3.22. The maximum Gasteiger partial charge on any atom is 0.383 e. The average molecular weight is 297 g/mol. The Balaban J connectivity index is 3.11. The SMILES string of the molecule is COC(=O)c1ccc(F)cc1NC(=O)C(F)(F)C(F)F. The second kappa shape index (κ2) is 5.85. The molecule has 0 bridgehead atoms. The molecule has 1 amide bonds. The fourth-order valence-corrected chi connectivity index (χ4v) is 1.21. The first kappa shape index (κ1) is 15.9. The average Bonchev–Trinajstić information content (AvgIpc) is 2.37. The molecule has 0 aromatic heterocycles. The molecule has 9 heteroatoms. The van der Waals surface area contributed by atoms with E-state index < -0.39 is 41.3 Å². The first-order valence-corrected chi connectivity index (χ1v) is 5.05. The lowest BCUT2D eigenvalue weighted by Crippen LogP contribution is -2.41. The summed E-state index contributed by atoms with van der Waals surface area (Å²) in [7, 11) is 0.963. The number of benzene rings is 1. The Kier molecular flexibility index (Phi) is 4.64. The summed E-state index contributed by atoms with van der Waals surface area (Å²) in [5, 5.41) is 1.38. The molecule has 20 heavy (non-hydrogen) atoms. The van der Waals surface area contributed by atoms with Crippen LogP contribution in [0.4, 0.5) is 27.6 Å². The Bertz CT molecular complexity index is 533. The Morgan fingerprint density at radius 1 is 1.30 bits per heavy atom. The van der Waals surface area contributed by atoms with Crippen LogP contribution in [0.2, 0.25) is 0 Å². The van der Waals surface area contributed by atoms with Crippen LogP contribution >= 0.6 is 0 Å². The number of carbonyl (C=O) groups excluding carboxylic acids is 2. The topological polar surface area (TPSA) is 55.4 Å². The van der Waals surface area contributed by atoms with Crippen LogP contribution < -0.4 is 5.32 Å². The highest BCUT2D eigenvalue weighted by Crippen LogP contribution is 2.26. The molecule has 1 N–H and O–H groups in total. The summed E-state index contributed by atoms with van der Waals surface area (Å²) < 4.78 is 66.8. The number of ether oxygens (including phenoxy) is 1. The number of carbonyl (C=O) groups is 2. The van der Waals surface area contributed by atoms with Crippen molar-refractivity contribution < 1.29 is 36.3 Å². The number of alkyl halides is 4. The number of nitrogens with one attached hydrogen (secondary N) is 1. The number of hydrogen-bond donors (Lipinski definition) is 1. The molecule has 1 aromatic carbocycles. The lowest BCUT2D eigenvalue weighted by Gasteiger charge is -2.16. The minimum absolute atomic E-state index is 0.452. The van der Waals surface area contributed by atoms with Gasteiger partial charge < -0.3 is 10.1 Å². The van der Waals surface area contributed by atoms with Gasteiger partial charge >= 0.3 is 24.2 Å². The van der Waals surface area contributed by atoms with E-state index in [0.29, 0.717) is 6.07 Å². The number of halogens is 5. The minimum atomic E-state index is -4.97. The van der Waals surface area contributed by atoms with Gasteiger partial charge in [-0.3, -0.25) is 4.79 Å². The van der Waals surface area contributed by atoms with Crippen LogP contribution in [0, 0.1) is 5.82 Å². The number of methoxy groups -OCH3 is 1. The van der Waals surface area contributed by atoms with Crippen LogP contribution in [-0.4, -0.2) is 31.3 Å². The molecule has 0 saturated heterocycles. The van der Waals surface area contributed by atoms with Crippen molar-refractivity contribution in [2.24, 2.45) is 0 Å². The van der Waals surface area contributed by atoms with Crippen molar-refractivity contribution in [1.29, 1.82) is 0 Å². The van der Waals surface area contributed by atoms with Gasteiger partial charge in [-0.25, -0.2) is 18.0 Å². The van der Waals surface area contributed by atoms with E-state index in [1.165, 1.54) is 5.32 Å². The van der Waals surface area contributed by atoms with Crippen molar-refractivity contribution in [1.82, 2.24) is 0 Å². The number of amides is 1. The minimum Gasteiger partial charge on any atom is -0.465 e. The van der Waals surface area contributed by atoms with Crippen LogP contribution in [-0.2, 0) is 9.53 Å². The van der Waals surface area contributed by atoms with Crippen LogP contribution in [0.1, 0.15) is 10.4 Å². The van der Waals surface area contributed by atoms with Crippen molar-refractivity contribution in [3.63, 3.8) is 0 Å². The number of rotatable bonds is 4. The first-order chi connectivity index (χ1) is 9.20. The molecule has 0 radical (unpaired) electrons. The first-order valence-electron chi connectivity index (χ1n) is 5.05. The largest absolute Gasteiger partial charge is 0.465 e. The lowest BCUT2D eigenvalue weighted by molar-refractivity contribution is -0.163. The quantitative estimate of drug-likeness (QED) is 0.686. The maximum absolute atomic E-state index is 13.0. The normalized spacial score (nSPS) is 11.3. The zero-order chi connectivity index (χ0) is 15.5. The fraction of sp³-hybridized carbons (Fsp3) is 0.273. The van der Waals surface area contributed by atoms with E-state index in [2.05, 4.69) is 4.74 Å². The molecule has 1 aromatic rings. The van der Waals surface area contributed by atoms with Crippen molar-refractivity contribution in [2.45, 2.75) is 12.3 Å². The third-order valence-electron chi connectivity index (χ3n) is 2.21. The van der Waals surface area contributed by atoms with Crippen LogP contribution in [0.5, 0.6) is 0 Å². The molecule has 0 aliphatic rings. The predicted molar refractivity (Wildman–Crippen MR) is 57.3 cm³/mol. The summed E-state index contributed by atoms with van der Waals surface area (Å²) in [5.74, 6) is -9.35. The van der Waals surface area contributed by atoms with Crippen molar-refractivity contribution in [3.8, 4) is 0 Å². The molecule has 0 spiro atoms. The predicted octanol–water partition coefficient (Wildman–Crippen LogP) is 2.45. The highest BCUT2D eigenvalue weighted by atomic mass is 19.3. The van der Waals surface area contributed by atoms with E-state index >= 15 is 0 Å². The van der Waals surface area contributed by atoms with Gasteiger partial charge in [0.25, 0.3) is 0 Å². The van der Waals surface area contributed by atoms with Crippen molar-refractivity contribution in [2.75, 3.05) is 12.4 Å². The van der Waals surface area contributed by atoms with E-state index in [1.807, 2.05) is 0 Å². The van der Waals surface area contributed by atoms with E-state index in [1.54, 1.807) is 0 Å². The smallest absolute Gasteiger partial charge is 0.383 e. The molecule has 0 unspecified atom stereocenters. The molecule has 110 valence electrons. The Hall–Kier alpha value is -2.19. The Morgan fingerprint density at radius 2 is 1.90 bits per heavy atom. The van der Waals surface area contributed by atoms with Gasteiger partial charge in [-0.15, -0.1) is 0 Å². The second-order valence-corrected chi connectivity index (χ2v) is 3.56. The fourth-order valence-electron chi connectivity index (χ4n) is 1.21.